The molecule has 0 rings (SSSR count). The maximum absolute atomic E-state index is 10.4. The Morgan fingerprint density at radius 3 is 2.70 bits per heavy atom. The van der Waals surface area contributed by atoms with Crippen molar-refractivity contribution in [3.63, 3.8) is 0 Å². The van der Waals surface area contributed by atoms with E-state index in [0.29, 0.717) is 6.42 Å². The number of hydrogen-bond acceptors (Lipinski definition) is 1. The molecule has 2 heteroatoms. The molecule has 0 amide bonds. The van der Waals surface area contributed by atoms with Gasteiger partial charge in [-0.05, 0) is 13.3 Å². The fourth-order valence-electron chi connectivity index (χ4n) is 0.674. The zero-order valence-corrected chi connectivity index (χ0v) is 6.08. The second-order valence-corrected chi connectivity index (χ2v) is 1.99. The lowest BCUT2D eigenvalue weighted by Crippen LogP contribution is -2.09. The highest BCUT2D eigenvalue weighted by Gasteiger charge is 2.09. The fraction of sp³-hybridized carbons (Fsp3) is 0.375. The fourth-order valence-corrected chi connectivity index (χ4v) is 0.674. The summed E-state index contributed by atoms with van der Waals surface area (Å²) in [6, 6.07) is 0. The van der Waals surface area contributed by atoms with Crippen LogP contribution in [0.15, 0.2) is 24.8 Å². The molecular weight excluding hydrogens is 128 g/mol. The number of carbonyl (C=O) groups is 1. The van der Waals surface area contributed by atoms with Crippen molar-refractivity contribution in [2.45, 2.75) is 13.3 Å². The van der Waals surface area contributed by atoms with E-state index in [1.165, 1.54) is 0 Å². The zero-order chi connectivity index (χ0) is 7.98. The Labute approximate surface area is 60.9 Å². The SMILES string of the molecule is C=CCC(/C=C/C)C(=O)O. The Morgan fingerprint density at radius 2 is 2.40 bits per heavy atom. The Balaban J connectivity index is 3.96. The molecule has 0 saturated heterocycles. The van der Waals surface area contributed by atoms with E-state index in [2.05, 4.69) is 6.58 Å². The minimum absolute atomic E-state index is 0.400. The lowest BCUT2D eigenvalue weighted by atomic mass is 10.1. The summed E-state index contributed by atoms with van der Waals surface area (Å²) in [6.07, 6.45) is 5.50. The van der Waals surface area contributed by atoms with Crippen LogP contribution in [0.25, 0.3) is 0 Å². The summed E-state index contributed by atoms with van der Waals surface area (Å²) in [5.41, 5.74) is 0. The standard InChI is InChI=1S/C8H12O2/c1-3-5-7(6-4-2)8(9)10/h3-4,6-7H,1,5H2,2H3,(H,9,10)/b6-4+. The van der Waals surface area contributed by atoms with E-state index < -0.39 is 11.9 Å². The quantitative estimate of drug-likeness (QED) is 0.605. The molecule has 0 bridgehead atoms. The number of rotatable bonds is 4. The van der Waals surface area contributed by atoms with Gasteiger partial charge in [0, 0.05) is 0 Å². The monoisotopic (exact) mass is 140 g/mol. The third kappa shape index (κ3) is 3.07. The number of allylic oxidation sites excluding steroid dienone is 2. The second kappa shape index (κ2) is 4.79. The average molecular weight is 140 g/mol. The largest absolute Gasteiger partial charge is 0.481 e. The van der Waals surface area contributed by atoms with E-state index in [9.17, 15) is 4.79 Å². The van der Waals surface area contributed by atoms with Crippen LogP contribution in [0.5, 0.6) is 0 Å². The topological polar surface area (TPSA) is 37.3 Å². The van der Waals surface area contributed by atoms with Gasteiger partial charge >= 0.3 is 5.97 Å². The molecule has 0 aliphatic heterocycles. The predicted molar refractivity (Wildman–Crippen MR) is 40.8 cm³/mol. The molecule has 0 aromatic heterocycles. The molecular formula is C8H12O2. The summed E-state index contributed by atoms with van der Waals surface area (Å²) in [5.74, 6) is -1.19. The molecule has 0 heterocycles. The molecule has 56 valence electrons. The Morgan fingerprint density at radius 1 is 1.80 bits per heavy atom. The lowest BCUT2D eigenvalue weighted by molar-refractivity contribution is -0.139. The summed E-state index contributed by atoms with van der Waals surface area (Å²) >= 11 is 0. The molecule has 1 unspecified atom stereocenters. The third-order valence-electron chi connectivity index (χ3n) is 1.16. The highest BCUT2D eigenvalue weighted by Crippen LogP contribution is 2.05. The average Bonchev–Trinajstić information content (AvgIpc) is 1.87. The first-order valence-electron chi connectivity index (χ1n) is 3.19. The number of carboxylic acid groups (broad SMARTS) is 1. The first kappa shape index (κ1) is 8.95. The summed E-state index contributed by atoms with van der Waals surface area (Å²) in [6.45, 7) is 5.27. The molecule has 0 spiro atoms. The summed E-state index contributed by atoms with van der Waals surface area (Å²) < 4.78 is 0. The molecule has 1 atom stereocenters. The summed E-state index contributed by atoms with van der Waals surface area (Å²) in [4.78, 5) is 10.4. The van der Waals surface area contributed by atoms with E-state index in [1.807, 2.05) is 0 Å². The smallest absolute Gasteiger partial charge is 0.310 e. The van der Waals surface area contributed by atoms with Crippen molar-refractivity contribution >= 4 is 5.97 Å². The van der Waals surface area contributed by atoms with Crippen molar-refractivity contribution in [2.75, 3.05) is 0 Å². The van der Waals surface area contributed by atoms with Gasteiger partial charge in [-0.25, -0.2) is 0 Å². The van der Waals surface area contributed by atoms with Crippen molar-refractivity contribution < 1.29 is 9.90 Å². The highest BCUT2D eigenvalue weighted by molar-refractivity contribution is 5.72. The highest BCUT2D eigenvalue weighted by atomic mass is 16.4. The van der Waals surface area contributed by atoms with Gasteiger partial charge in [-0.15, -0.1) is 6.58 Å². The first-order valence-corrected chi connectivity index (χ1v) is 3.19. The van der Waals surface area contributed by atoms with Gasteiger partial charge in [0.1, 0.15) is 0 Å². The molecule has 2 nitrogen and oxygen atoms in total. The van der Waals surface area contributed by atoms with Gasteiger partial charge in [0.2, 0.25) is 0 Å². The van der Waals surface area contributed by atoms with Gasteiger partial charge in [-0.1, -0.05) is 18.2 Å². The van der Waals surface area contributed by atoms with Crippen LogP contribution in [-0.2, 0) is 4.79 Å². The van der Waals surface area contributed by atoms with Crippen LogP contribution in [-0.4, -0.2) is 11.1 Å². The van der Waals surface area contributed by atoms with Crippen LogP contribution in [0, 0.1) is 5.92 Å². The van der Waals surface area contributed by atoms with E-state index >= 15 is 0 Å². The van der Waals surface area contributed by atoms with Crippen molar-refractivity contribution in [2.24, 2.45) is 5.92 Å². The van der Waals surface area contributed by atoms with E-state index in [-0.39, 0.29) is 0 Å². The van der Waals surface area contributed by atoms with Gasteiger partial charge < -0.3 is 5.11 Å². The van der Waals surface area contributed by atoms with Crippen molar-refractivity contribution in [1.29, 1.82) is 0 Å². The van der Waals surface area contributed by atoms with Gasteiger partial charge in [-0.2, -0.15) is 0 Å². The minimum atomic E-state index is -0.794. The van der Waals surface area contributed by atoms with Crippen LogP contribution < -0.4 is 0 Å². The maximum Gasteiger partial charge on any atom is 0.310 e. The summed E-state index contributed by atoms with van der Waals surface area (Å²) in [7, 11) is 0. The van der Waals surface area contributed by atoms with E-state index in [4.69, 9.17) is 5.11 Å². The number of carboxylic acids is 1. The predicted octanol–water partition coefficient (Wildman–Crippen LogP) is 1.84. The molecule has 0 saturated carbocycles. The zero-order valence-electron chi connectivity index (χ0n) is 6.08. The number of hydrogen-bond donors (Lipinski definition) is 1. The number of aliphatic carboxylic acids is 1. The molecule has 10 heavy (non-hydrogen) atoms. The van der Waals surface area contributed by atoms with E-state index in [1.54, 1.807) is 25.2 Å². The molecule has 0 aromatic rings. The maximum atomic E-state index is 10.4. The van der Waals surface area contributed by atoms with E-state index in [0.717, 1.165) is 0 Å². The van der Waals surface area contributed by atoms with Crippen LogP contribution in [0.2, 0.25) is 0 Å². The third-order valence-corrected chi connectivity index (χ3v) is 1.16. The molecule has 0 aromatic carbocycles. The first-order chi connectivity index (χ1) is 4.72. The van der Waals surface area contributed by atoms with Gasteiger partial charge in [-0.3, -0.25) is 4.79 Å². The van der Waals surface area contributed by atoms with Gasteiger partial charge in [0.25, 0.3) is 0 Å². The normalized spacial score (nSPS) is 13.3. The van der Waals surface area contributed by atoms with Gasteiger partial charge in [0.05, 0.1) is 5.92 Å². The van der Waals surface area contributed by atoms with Crippen LogP contribution >= 0.6 is 0 Å². The van der Waals surface area contributed by atoms with Gasteiger partial charge in [0.15, 0.2) is 0 Å². The molecule has 0 aliphatic carbocycles. The van der Waals surface area contributed by atoms with Crippen molar-refractivity contribution in [1.82, 2.24) is 0 Å². The molecule has 0 fully saturated rings. The molecule has 0 aliphatic rings. The Bertz CT molecular complexity index is 147. The van der Waals surface area contributed by atoms with Crippen LogP contribution in [0.4, 0.5) is 0 Å². The van der Waals surface area contributed by atoms with Crippen LogP contribution in [0.1, 0.15) is 13.3 Å². The van der Waals surface area contributed by atoms with Crippen molar-refractivity contribution in [3.05, 3.63) is 24.8 Å². The summed E-state index contributed by atoms with van der Waals surface area (Å²) in [5, 5.41) is 8.54. The minimum Gasteiger partial charge on any atom is -0.481 e. The molecule has 1 N–H and O–H groups in total. The van der Waals surface area contributed by atoms with Crippen LogP contribution in [0.3, 0.4) is 0 Å². The lowest BCUT2D eigenvalue weighted by Gasteiger charge is -2.01. The second-order valence-electron chi connectivity index (χ2n) is 1.99. The Kier molecular flexibility index (Phi) is 4.29. The Hall–Kier alpha value is -1.05. The molecule has 0 radical (unpaired) electrons. The van der Waals surface area contributed by atoms with Crippen molar-refractivity contribution in [3.8, 4) is 0 Å².